The predicted octanol–water partition coefficient (Wildman–Crippen LogP) is 1.60. The number of anilines is 1. The highest BCUT2D eigenvalue weighted by molar-refractivity contribution is 5.99. The first-order chi connectivity index (χ1) is 8.70. The Balaban J connectivity index is 1.90. The van der Waals surface area contributed by atoms with Crippen molar-refractivity contribution in [1.29, 1.82) is 0 Å². The quantitative estimate of drug-likeness (QED) is 0.546. The van der Waals surface area contributed by atoms with Gasteiger partial charge in [-0.3, -0.25) is 15.6 Å². The number of carbonyl (C=O) groups is 1. The summed E-state index contributed by atoms with van der Waals surface area (Å²) in [4.78, 5) is 16.1. The summed E-state index contributed by atoms with van der Waals surface area (Å²) < 4.78 is 0. The molecular weight excluding hydrogens is 228 g/mol. The maximum atomic E-state index is 12.0. The van der Waals surface area contributed by atoms with Gasteiger partial charge in [-0.1, -0.05) is 19.3 Å². The van der Waals surface area contributed by atoms with E-state index in [2.05, 4.69) is 15.7 Å². The van der Waals surface area contributed by atoms with E-state index >= 15 is 0 Å². The van der Waals surface area contributed by atoms with Crippen LogP contribution < -0.4 is 16.6 Å². The molecule has 2 rings (SSSR count). The molecule has 0 unspecified atom stereocenters. The summed E-state index contributed by atoms with van der Waals surface area (Å²) in [5.74, 6) is 6.09. The molecule has 5 heteroatoms. The Bertz CT molecular complexity index is 429. The van der Waals surface area contributed by atoms with Crippen LogP contribution in [0.5, 0.6) is 0 Å². The fourth-order valence-electron chi connectivity index (χ4n) is 2.13. The van der Waals surface area contributed by atoms with Gasteiger partial charge in [0.25, 0.3) is 5.91 Å². The molecule has 5 nitrogen and oxygen atoms in total. The molecular formula is C13H20N4O. The number of rotatable bonds is 5. The highest BCUT2D eigenvalue weighted by Gasteiger charge is 2.17. The maximum Gasteiger partial charge on any atom is 0.255 e. The molecule has 1 heterocycles. The Kier molecular flexibility index (Phi) is 4.15. The number of nitrogens with one attached hydrogen (secondary N) is 2. The largest absolute Gasteiger partial charge is 0.352 e. The van der Waals surface area contributed by atoms with Gasteiger partial charge in [0.15, 0.2) is 0 Å². The van der Waals surface area contributed by atoms with Gasteiger partial charge in [-0.05, 0) is 25.3 Å². The molecule has 1 amide bonds. The fourth-order valence-corrected chi connectivity index (χ4v) is 2.13. The Morgan fingerprint density at radius 1 is 1.56 bits per heavy atom. The molecule has 98 valence electrons. The number of nitrogens with two attached hydrogens (primary N) is 1. The first-order valence-corrected chi connectivity index (χ1v) is 6.42. The minimum atomic E-state index is -0.116. The third-order valence-corrected chi connectivity index (χ3v) is 3.50. The zero-order valence-electron chi connectivity index (χ0n) is 10.7. The van der Waals surface area contributed by atoms with Crippen LogP contribution in [0.2, 0.25) is 0 Å². The zero-order valence-corrected chi connectivity index (χ0v) is 10.7. The predicted molar refractivity (Wildman–Crippen MR) is 71.1 cm³/mol. The van der Waals surface area contributed by atoms with Gasteiger partial charge in [-0.2, -0.15) is 0 Å². The van der Waals surface area contributed by atoms with Crippen molar-refractivity contribution in [2.75, 3.05) is 12.0 Å². The lowest BCUT2D eigenvalue weighted by Gasteiger charge is -2.25. The summed E-state index contributed by atoms with van der Waals surface area (Å²) >= 11 is 0. The van der Waals surface area contributed by atoms with E-state index in [9.17, 15) is 4.79 Å². The Morgan fingerprint density at radius 2 is 2.33 bits per heavy atom. The SMILES string of the molecule is Cc1cc(NN)c(C(=O)NCCC2CCC2)cn1. The lowest BCUT2D eigenvalue weighted by atomic mass is 9.83. The van der Waals surface area contributed by atoms with Gasteiger partial charge >= 0.3 is 0 Å². The van der Waals surface area contributed by atoms with Crippen molar-refractivity contribution in [3.63, 3.8) is 0 Å². The lowest BCUT2D eigenvalue weighted by Crippen LogP contribution is -2.28. The summed E-state index contributed by atoms with van der Waals surface area (Å²) in [5, 5.41) is 2.92. The number of aromatic nitrogens is 1. The van der Waals surface area contributed by atoms with Crippen LogP contribution in [0.1, 0.15) is 41.7 Å². The van der Waals surface area contributed by atoms with Crippen molar-refractivity contribution >= 4 is 11.6 Å². The van der Waals surface area contributed by atoms with Gasteiger partial charge in [0.05, 0.1) is 11.3 Å². The Morgan fingerprint density at radius 3 is 2.94 bits per heavy atom. The van der Waals surface area contributed by atoms with Gasteiger partial charge in [-0.25, -0.2) is 0 Å². The third kappa shape index (κ3) is 2.98. The number of carbonyl (C=O) groups excluding carboxylic acids is 1. The molecule has 1 aliphatic carbocycles. The fraction of sp³-hybridized carbons (Fsp3) is 0.538. The summed E-state index contributed by atoms with van der Waals surface area (Å²) in [5.41, 5.74) is 4.48. The summed E-state index contributed by atoms with van der Waals surface area (Å²) in [6.45, 7) is 2.58. The van der Waals surface area contributed by atoms with Gasteiger partial charge in [0.2, 0.25) is 0 Å². The van der Waals surface area contributed by atoms with Crippen molar-refractivity contribution in [3.05, 3.63) is 23.5 Å². The van der Waals surface area contributed by atoms with E-state index in [1.807, 2.05) is 6.92 Å². The van der Waals surface area contributed by atoms with Crippen LogP contribution in [-0.2, 0) is 0 Å². The van der Waals surface area contributed by atoms with Crippen LogP contribution in [0, 0.1) is 12.8 Å². The number of pyridine rings is 1. The molecule has 0 aromatic carbocycles. The molecule has 0 saturated heterocycles. The van der Waals surface area contributed by atoms with Crippen LogP contribution >= 0.6 is 0 Å². The van der Waals surface area contributed by atoms with Crippen molar-refractivity contribution in [3.8, 4) is 0 Å². The van der Waals surface area contributed by atoms with E-state index in [-0.39, 0.29) is 5.91 Å². The zero-order chi connectivity index (χ0) is 13.0. The van der Waals surface area contributed by atoms with E-state index in [4.69, 9.17) is 5.84 Å². The molecule has 18 heavy (non-hydrogen) atoms. The van der Waals surface area contributed by atoms with Crippen molar-refractivity contribution in [1.82, 2.24) is 10.3 Å². The van der Waals surface area contributed by atoms with Crippen molar-refractivity contribution in [2.45, 2.75) is 32.6 Å². The number of aryl methyl sites for hydroxylation is 1. The van der Waals surface area contributed by atoms with Gasteiger partial charge in [0.1, 0.15) is 0 Å². The number of amides is 1. The van der Waals surface area contributed by atoms with Gasteiger partial charge in [-0.15, -0.1) is 0 Å². The smallest absolute Gasteiger partial charge is 0.255 e. The van der Waals surface area contributed by atoms with Crippen molar-refractivity contribution in [2.24, 2.45) is 11.8 Å². The number of nitrogen functional groups attached to an aromatic ring is 1. The summed E-state index contributed by atoms with van der Waals surface area (Å²) in [6.07, 6.45) is 6.57. The van der Waals surface area contributed by atoms with Gasteiger partial charge < -0.3 is 10.7 Å². The van der Waals surface area contributed by atoms with Crippen LogP contribution in [0.3, 0.4) is 0 Å². The minimum Gasteiger partial charge on any atom is -0.352 e. The normalized spacial score (nSPS) is 15.0. The topological polar surface area (TPSA) is 80.0 Å². The molecule has 1 saturated carbocycles. The second kappa shape index (κ2) is 5.82. The van der Waals surface area contributed by atoms with Gasteiger partial charge in [0, 0.05) is 18.4 Å². The minimum absolute atomic E-state index is 0.116. The molecule has 1 aromatic heterocycles. The standard InChI is InChI=1S/C13H20N4O/c1-9-7-12(17-14)11(8-16-9)13(18)15-6-5-10-3-2-4-10/h7-8,10H,2-6,14H2,1H3,(H,15,18)(H,16,17). The molecule has 1 aromatic rings. The highest BCUT2D eigenvalue weighted by Crippen LogP contribution is 2.28. The first-order valence-electron chi connectivity index (χ1n) is 6.42. The van der Waals surface area contributed by atoms with E-state index < -0.39 is 0 Å². The third-order valence-electron chi connectivity index (χ3n) is 3.50. The molecule has 1 aliphatic rings. The summed E-state index contributed by atoms with van der Waals surface area (Å²) in [7, 11) is 0. The van der Waals surface area contributed by atoms with Crippen LogP contribution in [0.4, 0.5) is 5.69 Å². The monoisotopic (exact) mass is 248 g/mol. The second-order valence-electron chi connectivity index (χ2n) is 4.86. The molecule has 0 aliphatic heterocycles. The van der Waals surface area contributed by atoms with Crippen LogP contribution in [0.15, 0.2) is 12.3 Å². The van der Waals surface area contributed by atoms with E-state index in [0.717, 1.165) is 24.6 Å². The van der Waals surface area contributed by atoms with E-state index in [0.29, 0.717) is 11.3 Å². The number of hydrogen-bond acceptors (Lipinski definition) is 4. The Labute approximate surface area is 107 Å². The number of hydrogen-bond donors (Lipinski definition) is 3. The van der Waals surface area contributed by atoms with Crippen LogP contribution in [-0.4, -0.2) is 17.4 Å². The maximum absolute atomic E-state index is 12.0. The molecule has 0 bridgehead atoms. The molecule has 1 fully saturated rings. The van der Waals surface area contributed by atoms with E-state index in [1.165, 1.54) is 19.3 Å². The summed E-state index contributed by atoms with van der Waals surface area (Å²) in [6, 6.07) is 1.76. The number of hydrazine groups is 1. The van der Waals surface area contributed by atoms with Crippen molar-refractivity contribution < 1.29 is 4.79 Å². The second-order valence-corrected chi connectivity index (χ2v) is 4.86. The van der Waals surface area contributed by atoms with Crippen LogP contribution in [0.25, 0.3) is 0 Å². The molecule has 0 radical (unpaired) electrons. The average molecular weight is 248 g/mol. The highest BCUT2D eigenvalue weighted by atomic mass is 16.1. The molecule has 4 N–H and O–H groups in total. The Hall–Kier alpha value is -1.62. The average Bonchev–Trinajstić information content (AvgIpc) is 2.31. The molecule has 0 spiro atoms. The first kappa shape index (κ1) is 12.8. The van der Waals surface area contributed by atoms with E-state index in [1.54, 1.807) is 12.3 Å². The molecule has 0 atom stereocenters. The lowest BCUT2D eigenvalue weighted by molar-refractivity contribution is 0.0949. The number of nitrogens with zero attached hydrogens (tertiary/aromatic N) is 1.